The Morgan fingerprint density at radius 1 is 1.62 bits per heavy atom. The van der Waals surface area contributed by atoms with Crippen molar-refractivity contribution in [1.82, 2.24) is 0 Å². The normalized spacial score (nSPS) is 27.1. The number of carbonyl (C=O) groups excluding carboxylic acids is 2. The maximum atomic E-state index is 11.3. The minimum absolute atomic E-state index is 0.00782. The van der Waals surface area contributed by atoms with E-state index in [1.165, 1.54) is 0 Å². The van der Waals surface area contributed by atoms with Crippen LogP contribution in [-0.4, -0.2) is 25.2 Å². The first-order valence-corrected chi connectivity index (χ1v) is 4.54. The molecule has 2 atom stereocenters. The first-order chi connectivity index (χ1) is 6.20. The lowest BCUT2D eigenvalue weighted by molar-refractivity contribution is -0.156. The molecule has 13 heavy (non-hydrogen) atoms. The lowest BCUT2D eigenvalue weighted by Gasteiger charge is -2.10. The third-order valence-corrected chi connectivity index (χ3v) is 2.23. The highest BCUT2D eigenvalue weighted by molar-refractivity contribution is 5.96. The van der Waals surface area contributed by atoms with Gasteiger partial charge in [0.05, 0.1) is 13.2 Å². The fourth-order valence-corrected chi connectivity index (χ4v) is 1.44. The molecule has 0 radical (unpaired) electrons. The summed E-state index contributed by atoms with van der Waals surface area (Å²) in [4.78, 5) is 22.4. The predicted octanol–water partition coefficient (Wildman–Crippen LogP) is 0.749. The molecule has 0 aromatic carbocycles. The Balaban J connectivity index is 2.63. The van der Waals surface area contributed by atoms with Crippen LogP contribution in [0.25, 0.3) is 0 Å². The standard InChI is InChI=1S/C9H14O4/c1-3-6-5-13-9(11)7(6)8(10)12-4-2/h6-7H,3-5H2,1-2H3. The van der Waals surface area contributed by atoms with E-state index in [2.05, 4.69) is 0 Å². The number of hydrogen-bond acceptors (Lipinski definition) is 4. The summed E-state index contributed by atoms with van der Waals surface area (Å²) in [6.45, 7) is 4.30. The number of hydrogen-bond donors (Lipinski definition) is 0. The molecule has 1 aliphatic heterocycles. The molecule has 0 amide bonds. The second-order valence-electron chi connectivity index (χ2n) is 3.03. The van der Waals surface area contributed by atoms with E-state index >= 15 is 0 Å². The second-order valence-corrected chi connectivity index (χ2v) is 3.03. The molecule has 0 spiro atoms. The molecular formula is C9H14O4. The van der Waals surface area contributed by atoms with Crippen LogP contribution in [0.5, 0.6) is 0 Å². The maximum absolute atomic E-state index is 11.3. The smallest absolute Gasteiger partial charge is 0.320 e. The Bertz CT molecular complexity index is 212. The van der Waals surface area contributed by atoms with Crippen LogP contribution in [0.4, 0.5) is 0 Å². The van der Waals surface area contributed by atoms with Crippen molar-refractivity contribution in [1.29, 1.82) is 0 Å². The zero-order chi connectivity index (χ0) is 9.84. The summed E-state index contributed by atoms with van der Waals surface area (Å²) in [5.74, 6) is -1.58. The van der Waals surface area contributed by atoms with E-state index < -0.39 is 17.9 Å². The van der Waals surface area contributed by atoms with Crippen LogP contribution in [0.2, 0.25) is 0 Å². The van der Waals surface area contributed by atoms with Crippen LogP contribution in [0.1, 0.15) is 20.3 Å². The van der Waals surface area contributed by atoms with Gasteiger partial charge in [-0.1, -0.05) is 6.92 Å². The molecule has 1 heterocycles. The molecule has 0 aromatic heterocycles. The van der Waals surface area contributed by atoms with Crippen molar-refractivity contribution in [2.24, 2.45) is 11.8 Å². The van der Waals surface area contributed by atoms with E-state index in [1.54, 1.807) is 6.92 Å². The summed E-state index contributed by atoms with van der Waals surface area (Å²) in [6, 6.07) is 0. The van der Waals surface area contributed by atoms with Gasteiger partial charge in [-0.3, -0.25) is 9.59 Å². The summed E-state index contributed by atoms with van der Waals surface area (Å²) >= 11 is 0. The van der Waals surface area contributed by atoms with Crippen LogP contribution >= 0.6 is 0 Å². The minimum Gasteiger partial charge on any atom is -0.465 e. The zero-order valence-electron chi connectivity index (χ0n) is 7.91. The van der Waals surface area contributed by atoms with Crippen molar-refractivity contribution in [2.75, 3.05) is 13.2 Å². The molecule has 0 aliphatic carbocycles. The highest BCUT2D eigenvalue weighted by Crippen LogP contribution is 2.25. The van der Waals surface area contributed by atoms with Crippen molar-refractivity contribution in [3.8, 4) is 0 Å². The SMILES string of the molecule is CCOC(=O)C1C(=O)OCC1CC. The monoisotopic (exact) mass is 186 g/mol. The zero-order valence-corrected chi connectivity index (χ0v) is 7.91. The number of rotatable bonds is 3. The molecule has 1 saturated heterocycles. The Labute approximate surface area is 77.2 Å². The van der Waals surface area contributed by atoms with Crippen molar-refractivity contribution < 1.29 is 19.1 Å². The van der Waals surface area contributed by atoms with E-state index in [1.807, 2.05) is 6.92 Å². The van der Waals surface area contributed by atoms with Gasteiger partial charge in [-0.2, -0.15) is 0 Å². The summed E-state index contributed by atoms with van der Waals surface area (Å²) in [7, 11) is 0. The van der Waals surface area contributed by atoms with Crippen LogP contribution in [0.15, 0.2) is 0 Å². The summed E-state index contributed by atoms with van der Waals surface area (Å²) in [5, 5.41) is 0. The Kier molecular flexibility index (Phi) is 3.28. The van der Waals surface area contributed by atoms with Crippen molar-refractivity contribution in [2.45, 2.75) is 20.3 Å². The van der Waals surface area contributed by atoms with Gasteiger partial charge in [0.1, 0.15) is 0 Å². The van der Waals surface area contributed by atoms with Gasteiger partial charge in [0.2, 0.25) is 0 Å². The second kappa shape index (κ2) is 4.25. The average molecular weight is 186 g/mol. The maximum Gasteiger partial charge on any atom is 0.320 e. The van der Waals surface area contributed by atoms with E-state index in [4.69, 9.17) is 9.47 Å². The molecule has 4 nitrogen and oxygen atoms in total. The third kappa shape index (κ3) is 1.99. The molecule has 1 fully saturated rings. The molecule has 4 heteroatoms. The van der Waals surface area contributed by atoms with Gasteiger partial charge in [-0.25, -0.2) is 0 Å². The predicted molar refractivity (Wildman–Crippen MR) is 44.9 cm³/mol. The molecule has 74 valence electrons. The van der Waals surface area contributed by atoms with Crippen LogP contribution in [0.3, 0.4) is 0 Å². The van der Waals surface area contributed by atoms with Gasteiger partial charge >= 0.3 is 11.9 Å². The summed E-state index contributed by atoms with van der Waals surface area (Å²) in [5.41, 5.74) is 0. The molecule has 0 aromatic rings. The minimum atomic E-state index is -0.690. The van der Waals surface area contributed by atoms with Crippen LogP contribution in [-0.2, 0) is 19.1 Å². The number of esters is 2. The van der Waals surface area contributed by atoms with Gasteiger partial charge < -0.3 is 9.47 Å². The molecule has 1 rings (SSSR count). The van der Waals surface area contributed by atoms with Gasteiger partial charge in [-0.05, 0) is 13.3 Å². The summed E-state index contributed by atoms with van der Waals surface area (Å²) in [6.07, 6.45) is 0.759. The van der Waals surface area contributed by atoms with Crippen molar-refractivity contribution in [3.05, 3.63) is 0 Å². The number of ether oxygens (including phenoxy) is 2. The Hall–Kier alpha value is -1.06. The summed E-state index contributed by atoms with van der Waals surface area (Å²) < 4.78 is 9.59. The topological polar surface area (TPSA) is 52.6 Å². The number of cyclic esters (lactones) is 1. The van der Waals surface area contributed by atoms with E-state index in [9.17, 15) is 9.59 Å². The van der Waals surface area contributed by atoms with Gasteiger partial charge in [0, 0.05) is 5.92 Å². The molecule has 0 N–H and O–H groups in total. The number of carbonyl (C=O) groups is 2. The fourth-order valence-electron chi connectivity index (χ4n) is 1.44. The van der Waals surface area contributed by atoms with E-state index in [0.717, 1.165) is 6.42 Å². The Morgan fingerprint density at radius 2 is 2.31 bits per heavy atom. The molecular weight excluding hydrogens is 172 g/mol. The lowest BCUT2D eigenvalue weighted by atomic mass is 9.93. The largest absolute Gasteiger partial charge is 0.465 e. The quantitative estimate of drug-likeness (QED) is 0.482. The highest BCUT2D eigenvalue weighted by Gasteiger charge is 2.42. The fraction of sp³-hybridized carbons (Fsp3) is 0.778. The van der Waals surface area contributed by atoms with Crippen molar-refractivity contribution in [3.63, 3.8) is 0 Å². The Morgan fingerprint density at radius 3 is 2.85 bits per heavy atom. The first kappa shape index (κ1) is 10.0. The molecule has 0 bridgehead atoms. The molecule has 2 unspecified atom stereocenters. The van der Waals surface area contributed by atoms with Crippen molar-refractivity contribution >= 4 is 11.9 Å². The molecule has 0 saturated carbocycles. The molecule has 1 aliphatic rings. The first-order valence-electron chi connectivity index (χ1n) is 4.54. The lowest BCUT2D eigenvalue weighted by Crippen LogP contribution is -2.27. The third-order valence-electron chi connectivity index (χ3n) is 2.23. The van der Waals surface area contributed by atoms with Crippen LogP contribution < -0.4 is 0 Å². The van der Waals surface area contributed by atoms with Gasteiger partial charge in [0.25, 0.3) is 0 Å². The van der Waals surface area contributed by atoms with Gasteiger partial charge in [0.15, 0.2) is 5.92 Å². The van der Waals surface area contributed by atoms with Crippen LogP contribution in [0, 0.1) is 11.8 Å². The highest BCUT2D eigenvalue weighted by atomic mass is 16.6. The van der Waals surface area contributed by atoms with E-state index in [0.29, 0.717) is 13.2 Å². The average Bonchev–Trinajstić information content (AvgIpc) is 2.47. The van der Waals surface area contributed by atoms with Gasteiger partial charge in [-0.15, -0.1) is 0 Å². The van der Waals surface area contributed by atoms with E-state index in [-0.39, 0.29) is 5.92 Å².